The number of nitrogens with zero attached hydrogens (tertiary/aromatic N) is 3. The van der Waals surface area contributed by atoms with E-state index in [1.807, 2.05) is 12.1 Å². The lowest BCUT2D eigenvalue weighted by atomic mass is 9.56. The summed E-state index contributed by atoms with van der Waals surface area (Å²) >= 11 is 0. The van der Waals surface area contributed by atoms with Crippen LogP contribution in [-0.4, -0.2) is 48.4 Å². The van der Waals surface area contributed by atoms with Gasteiger partial charge in [0.1, 0.15) is 16.9 Å². The Balaban J connectivity index is 1.16. The first kappa shape index (κ1) is 32.6. The molecule has 264 valence electrons. The summed E-state index contributed by atoms with van der Waals surface area (Å²) in [5.74, 6) is -0.375. The second-order valence-electron chi connectivity index (χ2n) is 18.8. The quantitative estimate of drug-likeness (QED) is 0.180. The molecule has 0 spiro atoms. The van der Waals surface area contributed by atoms with Crippen molar-refractivity contribution in [2.24, 2.45) is 21.7 Å². The van der Waals surface area contributed by atoms with Gasteiger partial charge in [0.15, 0.2) is 0 Å². The molecule has 2 atom stereocenters. The molecule has 0 radical (unpaired) electrons. The fourth-order valence-electron chi connectivity index (χ4n) is 10.3. The van der Waals surface area contributed by atoms with E-state index in [0.29, 0.717) is 28.1 Å². The van der Waals surface area contributed by atoms with Gasteiger partial charge in [-0.2, -0.15) is 0 Å². The molecule has 0 amide bonds. The lowest BCUT2D eigenvalue weighted by molar-refractivity contribution is -0.161. The average Bonchev–Trinajstić information content (AvgIpc) is 3.05. The van der Waals surface area contributed by atoms with Crippen LogP contribution in [0.15, 0.2) is 78.4 Å². The predicted octanol–water partition coefficient (Wildman–Crippen LogP) is 8.28. The van der Waals surface area contributed by atoms with Gasteiger partial charge in [-0.1, -0.05) is 61.1 Å². The van der Waals surface area contributed by atoms with E-state index in [-0.39, 0.29) is 27.6 Å². The van der Waals surface area contributed by atoms with Crippen LogP contribution in [0.5, 0.6) is 0 Å². The number of fused-ring (bicyclic) bond motifs is 4. The Morgan fingerprint density at radius 1 is 0.824 bits per heavy atom. The van der Waals surface area contributed by atoms with Gasteiger partial charge in [-0.15, -0.1) is 0 Å². The first-order valence-corrected chi connectivity index (χ1v) is 18.8. The highest BCUT2D eigenvalue weighted by Gasteiger charge is 2.59. The maximum Gasteiger partial charge on any atom is 0.346 e. The number of rotatable bonds is 2. The van der Waals surface area contributed by atoms with Gasteiger partial charge in [0.2, 0.25) is 0 Å². The first-order chi connectivity index (χ1) is 23.9. The van der Waals surface area contributed by atoms with Crippen molar-refractivity contribution in [2.75, 3.05) is 31.1 Å². The lowest BCUT2D eigenvalue weighted by Gasteiger charge is -2.59. The fraction of sp³-hybridized carbons (Fsp3) is 0.523. The standard InChI is InChI=1S/C44H49N3O4/c1-40(2)13-17-46-19-15-42(5,6)33-34(46)29(40)22-25-21-27(38(48)50-36(25)33)31-11-10-12-32(45-31)28-23-26-24-30-35-37(44(26,9)51-39(28)49)43(7,8)16-20-47(35)18-14-41(30,3)4/h12,21-24,37H,13-20H2,1-9H3. The molecule has 0 saturated carbocycles. The summed E-state index contributed by atoms with van der Waals surface area (Å²) in [6.45, 7) is 24.6. The SMILES string of the molecule is CC1(C)CCN2CCC(C)(C)C3C2=C1C=C1C=C(C2=NC(c4cc5cc6c7c(c5oc4=O)C(C)(C)CCN7CCC6(C)C)=C=C=C2)C(=O)OC13C. The minimum atomic E-state index is -0.807. The third-order valence-electron chi connectivity index (χ3n) is 13.6. The zero-order chi connectivity index (χ0) is 36.0. The maximum atomic E-state index is 14.1. The Morgan fingerprint density at radius 3 is 2.27 bits per heavy atom. The topological polar surface area (TPSA) is 75.4 Å². The molecule has 7 aliphatic rings. The van der Waals surface area contributed by atoms with Crippen molar-refractivity contribution < 1.29 is 13.9 Å². The molecule has 7 heteroatoms. The largest absolute Gasteiger partial charge is 0.450 e. The van der Waals surface area contributed by atoms with E-state index in [9.17, 15) is 9.59 Å². The Labute approximate surface area is 300 Å². The molecule has 1 aromatic heterocycles. The summed E-state index contributed by atoms with van der Waals surface area (Å²) in [4.78, 5) is 37.8. The van der Waals surface area contributed by atoms with Gasteiger partial charge >= 0.3 is 11.6 Å². The molecule has 1 saturated heterocycles. The van der Waals surface area contributed by atoms with Gasteiger partial charge in [-0.05, 0) is 101 Å². The van der Waals surface area contributed by atoms with Gasteiger partial charge in [0.05, 0.1) is 16.8 Å². The van der Waals surface area contributed by atoms with Crippen molar-refractivity contribution in [1.29, 1.82) is 0 Å². The first-order valence-electron chi connectivity index (χ1n) is 18.8. The smallest absolute Gasteiger partial charge is 0.346 e. The Morgan fingerprint density at radius 2 is 1.51 bits per heavy atom. The van der Waals surface area contributed by atoms with E-state index < -0.39 is 17.2 Å². The van der Waals surface area contributed by atoms with Crippen LogP contribution in [-0.2, 0) is 20.4 Å². The third-order valence-corrected chi connectivity index (χ3v) is 13.6. The zero-order valence-corrected chi connectivity index (χ0v) is 31.6. The predicted molar refractivity (Wildman–Crippen MR) is 202 cm³/mol. The van der Waals surface area contributed by atoms with Gasteiger partial charge in [0, 0.05) is 60.5 Å². The number of hydrogen-bond acceptors (Lipinski definition) is 7. The van der Waals surface area contributed by atoms with Crippen LogP contribution in [0.1, 0.15) is 105 Å². The fourth-order valence-corrected chi connectivity index (χ4v) is 10.3. The van der Waals surface area contributed by atoms with Crippen LogP contribution in [0.25, 0.3) is 16.7 Å². The molecule has 1 aliphatic carbocycles. The van der Waals surface area contributed by atoms with E-state index in [4.69, 9.17) is 14.1 Å². The molecule has 0 bridgehead atoms. The highest BCUT2D eigenvalue weighted by atomic mass is 16.6. The van der Waals surface area contributed by atoms with Crippen molar-refractivity contribution in [3.05, 3.63) is 91.4 Å². The number of allylic oxidation sites excluding steroid dienone is 3. The van der Waals surface area contributed by atoms with E-state index >= 15 is 0 Å². The lowest BCUT2D eigenvalue weighted by Crippen LogP contribution is -2.60. The number of aliphatic imine (C=N–C) groups is 1. The number of anilines is 1. The second-order valence-corrected chi connectivity index (χ2v) is 18.8. The Bertz CT molecular complexity index is 2290. The van der Waals surface area contributed by atoms with Gasteiger partial charge < -0.3 is 19.0 Å². The molecule has 7 heterocycles. The summed E-state index contributed by atoms with van der Waals surface area (Å²) in [6.07, 6.45) is 10.1. The summed E-state index contributed by atoms with van der Waals surface area (Å²) in [7, 11) is 0. The summed E-state index contributed by atoms with van der Waals surface area (Å²) in [6, 6.07) is 4.11. The van der Waals surface area contributed by atoms with Gasteiger partial charge in [-0.25, -0.2) is 14.6 Å². The van der Waals surface area contributed by atoms with E-state index in [1.54, 1.807) is 6.08 Å². The van der Waals surface area contributed by atoms with E-state index in [0.717, 1.165) is 68.4 Å². The Hall–Kier alpha value is -4.31. The third kappa shape index (κ3) is 4.53. The molecule has 2 unspecified atom stereocenters. The van der Waals surface area contributed by atoms with Crippen LogP contribution in [0.2, 0.25) is 0 Å². The number of piperidine rings is 1. The minimum Gasteiger partial charge on any atom is -0.450 e. The molecule has 0 N–H and O–H groups in total. The van der Waals surface area contributed by atoms with Crippen molar-refractivity contribution in [1.82, 2.24) is 4.90 Å². The average molecular weight is 684 g/mol. The highest BCUT2D eigenvalue weighted by Crippen LogP contribution is 2.60. The zero-order valence-electron chi connectivity index (χ0n) is 31.6. The van der Waals surface area contributed by atoms with Crippen molar-refractivity contribution in [3.8, 4) is 0 Å². The molecule has 1 aromatic carbocycles. The molecule has 51 heavy (non-hydrogen) atoms. The van der Waals surface area contributed by atoms with Crippen LogP contribution in [0.4, 0.5) is 5.69 Å². The monoisotopic (exact) mass is 683 g/mol. The number of carbonyl (C=O) groups is 1. The van der Waals surface area contributed by atoms with Crippen molar-refractivity contribution in [2.45, 2.75) is 104 Å². The van der Waals surface area contributed by atoms with Crippen LogP contribution in [0.3, 0.4) is 0 Å². The van der Waals surface area contributed by atoms with Gasteiger partial charge in [0.25, 0.3) is 0 Å². The maximum absolute atomic E-state index is 14.1. The number of ether oxygens (including phenoxy) is 1. The molecule has 9 rings (SSSR count). The number of esters is 1. The number of carbonyl (C=O) groups excluding carboxylic acids is 1. The normalized spacial score (nSPS) is 29.0. The molecule has 6 aliphatic heterocycles. The van der Waals surface area contributed by atoms with Crippen molar-refractivity contribution >= 4 is 34.0 Å². The molecule has 7 nitrogen and oxygen atoms in total. The summed E-state index contributed by atoms with van der Waals surface area (Å²) in [5.41, 5.74) is 14.0. The second kappa shape index (κ2) is 10.2. The Kier molecular flexibility index (Phi) is 6.50. The summed E-state index contributed by atoms with van der Waals surface area (Å²) in [5, 5.41) is 0.881. The van der Waals surface area contributed by atoms with Crippen LogP contribution < -0.4 is 10.5 Å². The van der Waals surface area contributed by atoms with E-state index in [2.05, 4.69) is 95.7 Å². The molecular weight excluding hydrogens is 635 g/mol. The van der Waals surface area contributed by atoms with Crippen LogP contribution >= 0.6 is 0 Å². The van der Waals surface area contributed by atoms with Gasteiger partial charge in [-0.3, -0.25) is 0 Å². The van der Waals surface area contributed by atoms with Crippen LogP contribution in [0, 0.1) is 16.7 Å². The molecule has 1 fully saturated rings. The highest BCUT2D eigenvalue weighted by molar-refractivity contribution is 6.26. The summed E-state index contributed by atoms with van der Waals surface area (Å²) < 4.78 is 12.8. The van der Waals surface area contributed by atoms with Crippen molar-refractivity contribution in [3.63, 3.8) is 0 Å². The molecule has 2 aromatic rings. The molecular formula is C44H49N3O4. The minimum absolute atomic E-state index is 0.00670. The number of hydrogen-bond donors (Lipinski definition) is 0. The van der Waals surface area contributed by atoms with E-state index in [1.165, 1.54) is 22.5 Å². The number of benzene rings is 1.